The van der Waals surface area contributed by atoms with Crippen molar-refractivity contribution < 1.29 is 4.42 Å². The quantitative estimate of drug-likeness (QED) is 0.378. The van der Waals surface area contributed by atoms with Crippen LogP contribution in [0.3, 0.4) is 0 Å². The van der Waals surface area contributed by atoms with Crippen molar-refractivity contribution in [3.63, 3.8) is 0 Å². The van der Waals surface area contributed by atoms with Gasteiger partial charge in [0.15, 0.2) is 0 Å². The summed E-state index contributed by atoms with van der Waals surface area (Å²) in [6, 6.07) is 18.2. The Balaban J connectivity index is 1.44. The van der Waals surface area contributed by atoms with Crippen LogP contribution in [-0.4, -0.2) is 20.0 Å². The molecule has 4 rings (SSSR count). The number of rotatable bonds is 5. The third kappa shape index (κ3) is 3.99. The first-order valence-electron chi connectivity index (χ1n) is 8.44. The second kappa shape index (κ2) is 7.70. The Morgan fingerprint density at radius 2 is 1.81 bits per heavy atom. The predicted molar refractivity (Wildman–Crippen MR) is 110 cm³/mol. The highest BCUT2D eigenvalue weighted by Gasteiger charge is 2.12. The minimum atomic E-state index is 0.518. The highest BCUT2D eigenvalue weighted by molar-refractivity contribution is 9.10. The Bertz CT molecular complexity index is 1070. The van der Waals surface area contributed by atoms with Crippen molar-refractivity contribution in [2.75, 3.05) is 0 Å². The van der Waals surface area contributed by atoms with Gasteiger partial charge in [-0.1, -0.05) is 36.0 Å². The summed E-state index contributed by atoms with van der Waals surface area (Å²) in [6.07, 6.45) is 0. The molecule has 2 aromatic heterocycles. The number of aryl methyl sites for hydroxylation is 2. The smallest absolute Gasteiger partial charge is 0.277 e. The Morgan fingerprint density at radius 3 is 2.52 bits per heavy atom. The summed E-state index contributed by atoms with van der Waals surface area (Å²) in [5.41, 5.74) is 5.28. The van der Waals surface area contributed by atoms with Crippen LogP contribution in [-0.2, 0) is 5.75 Å². The molecule has 136 valence electrons. The van der Waals surface area contributed by atoms with E-state index in [1.54, 1.807) is 0 Å². The van der Waals surface area contributed by atoms with Crippen LogP contribution in [0.5, 0.6) is 0 Å². The fraction of sp³-hybridized carbons (Fsp3) is 0.150. The van der Waals surface area contributed by atoms with E-state index < -0.39 is 0 Å². The zero-order chi connectivity index (χ0) is 18.8. The van der Waals surface area contributed by atoms with Crippen molar-refractivity contribution in [3.05, 3.63) is 76.0 Å². The lowest BCUT2D eigenvalue weighted by Gasteiger charge is -2.05. The predicted octanol–water partition coefficient (Wildman–Crippen LogP) is 5.59. The van der Waals surface area contributed by atoms with Crippen LogP contribution >= 0.6 is 27.7 Å². The second-order valence-electron chi connectivity index (χ2n) is 6.15. The highest BCUT2D eigenvalue weighted by atomic mass is 79.9. The van der Waals surface area contributed by atoms with Gasteiger partial charge in [-0.25, -0.2) is 4.68 Å². The molecule has 0 fully saturated rings. The van der Waals surface area contributed by atoms with E-state index in [2.05, 4.69) is 68.5 Å². The van der Waals surface area contributed by atoms with Crippen LogP contribution < -0.4 is 0 Å². The van der Waals surface area contributed by atoms with Crippen LogP contribution in [0, 0.1) is 13.8 Å². The molecule has 0 N–H and O–H groups in total. The van der Waals surface area contributed by atoms with Gasteiger partial charge < -0.3 is 4.42 Å². The standard InChI is InChI=1S/C20H17BrN4OS/c1-13-11-14(2)25(24-13)16-9-7-15(8-10-16)12-27-20-23-22-19(26-20)17-5-3-4-6-18(17)21/h3-11H,12H2,1-2H3. The normalized spacial score (nSPS) is 11.1. The summed E-state index contributed by atoms with van der Waals surface area (Å²) >= 11 is 5.03. The first kappa shape index (κ1) is 18.0. The molecule has 0 spiro atoms. The summed E-state index contributed by atoms with van der Waals surface area (Å²) < 4.78 is 8.67. The van der Waals surface area contributed by atoms with E-state index in [1.165, 1.54) is 17.3 Å². The minimum Gasteiger partial charge on any atom is -0.411 e. The van der Waals surface area contributed by atoms with Gasteiger partial charge in [0.1, 0.15) is 0 Å². The lowest BCUT2D eigenvalue weighted by Crippen LogP contribution is -1.98. The molecule has 0 amide bonds. The topological polar surface area (TPSA) is 56.7 Å². The number of halogens is 1. The summed E-state index contributed by atoms with van der Waals surface area (Å²) in [6.45, 7) is 4.06. The maximum absolute atomic E-state index is 5.78. The molecule has 0 unspecified atom stereocenters. The van der Waals surface area contributed by atoms with E-state index in [0.29, 0.717) is 11.1 Å². The van der Waals surface area contributed by atoms with Crippen molar-refractivity contribution in [2.45, 2.75) is 24.8 Å². The minimum absolute atomic E-state index is 0.518. The van der Waals surface area contributed by atoms with Gasteiger partial charge in [0, 0.05) is 15.9 Å². The Labute approximate surface area is 169 Å². The lowest BCUT2D eigenvalue weighted by molar-refractivity contribution is 0.465. The first-order chi connectivity index (χ1) is 13.1. The summed E-state index contributed by atoms with van der Waals surface area (Å²) in [7, 11) is 0. The zero-order valence-corrected chi connectivity index (χ0v) is 17.3. The van der Waals surface area contributed by atoms with Gasteiger partial charge in [0.2, 0.25) is 5.89 Å². The third-order valence-electron chi connectivity index (χ3n) is 4.06. The summed E-state index contributed by atoms with van der Waals surface area (Å²) in [5, 5.41) is 13.4. The number of aromatic nitrogens is 4. The molecular formula is C20H17BrN4OS. The first-order valence-corrected chi connectivity index (χ1v) is 10.2. The molecule has 0 aliphatic carbocycles. The number of benzene rings is 2. The Hall–Kier alpha value is -2.38. The molecule has 0 saturated carbocycles. The Morgan fingerprint density at radius 1 is 1.04 bits per heavy atom. The SMILES string of the molecule is Cc1cc(C)n(-c2ccc(CSc3nnc(-c4ccccc4Br)o3)cc2)n1. The summed E-state index contributed by atoms with van der Waals surface area (Å²) in [4.78, 5) is 0. The molecule has 0 bridgehead atoms. The molecule has 0 aliphatic rings. The zero-order valence-electron chi connectivity index (χ0n) is 14.9. The van der Waals surface area contributed by atoms with Gasteiger partial charge in [-0.15, -0.1) is 10.2 Å². The van der Waals surface area contributed by atoms with E-state index in [0.717, 1.165) is 32.9 Å². The van der Waals surface area contributed by atoms with Crippen molar-refractivity contribution >= 4 is 27.7 Å². The number of hydrogen-bond acceptors (Lipinski definition) is 5. The van der Waals surface area contributed by atoms with E-state index in [4.69, 9.17) is 4.42 Å². The van der Waals surface area contributed by atoms with Gasteiger partial charge in [0.05, 0.1) is 16.9 Å². The lowest BCUT2D eigenvalue weighted by atomic mass is 10.2. The van der Waals surface area contributed by atoms with Crippen molar-refractivity contribution in [1.29, 1.82) is 0 Å². The number of nitrogens with zero attached hydrogens (tertiary/aromatic N) is 4. The van der Waals surface area contributed by atoms with Crippen molar-refractivity contribution in [3.8, 4) is 17.1 Å². The van der Waals surface area contributed by atoms with Gasteiger partial charge >= 0.3 is 0 Å². The van der Waals surface area contributed by atoms with Crippen LogP contribution in [0.1, 0.15) is 17.0 Å². The molecule has 0 radical (unpaired) electrons. The van der Waals surface area contributed by atoms with Gasteiger partial charge in [0.25, 0.3) is 5.22 Å². The van der Waals surface area contributed by atoms with Crippen molar-refractivity contribution in [2.24, 2.45) is 0 Å². The van der Waals surface area contributed by atoms with Crippen LogP contribution in [0.2, 0.25) is 0 Å². The van der Waals surface area contributed by atoms with Crippen LogP contribution in [0.15, 0.2) is 68.7 Å². The molecule has 4 aromatic rings. The van der Waals surface area contributed by atoms with E-state index in [1.807, 2.05) is 35.9 Å². The Kier molecular flexibility index (Phi) is 5.13. The molecule has 0 atom stereocenters. The molecular weight excluding hydrogens is 424 g/mol. The van der Waals surface area contributed by atoms with E-state index in [9.17, 15) is 0 Å². The largest absolute Gasteiger partial charge is 0.411 e. The molecule has 7 heteroatoms. The highest BCUT2D eigenvalue weighted by Crippen LogP contribution is 2.30. The number of hydrogen-bond donors (Lipinski definition) is 0. The average Bonchev–Trinajstić information content (AvgIpc) is 3.27. The third-order valence-corrected chi connectivity index (χ3v) is 5.64. The fourth-order valence-corrected chi connectivity index (χ4v) is 3.95. The number of thioether (sulfide) groups is 1. The molecule has 27 heavy (non-hydrogen) atoms. The van der Waals surface area contributed by atoms with E-state index >= 15 is 0 Å². The van der Waals surface area contributed by atoms with Crippen LogP contribution in [0.4, 0.5) is 0 Å². The van der Waals surface area contributed by atoms with Crippen LogP contribution in [0.25, 0.3) is 17.1 Å². The molecule has 5 nitrogen and oxygen atoms in total. The van der Waals surface area contributed by atoms with Gasteiger partial charge in [-0.05, 0) is 65.7 Å². The molecule has 2 heterocycles. The second-order valence-corrected chi connectivity index (χ2v) is 7.93. The van der Waals surface area contributed by atoms with Crippen molar-refractivity contribution in [1.82, 2.24) is 20.0 Å². The summed E-state index contributed by atoms with van der Waals surface area (Å²) in [5.74, 6) is 1.28. The maximum Gasteiger partial charge on any atom is 0.277 e. The average molecular weight is 441 g/mol. The molecule has 2 aromatic carbocycles. The monoisotopic (exact) mass is 440 g/mol. The molecule has 0 aliphatic heterocycles. The fourth-order valence-electron chi connectivity index (χ4n) is 2.78. The van der Waals surface area contributed by atoms with Gasteiger partial charge in [-0.2, -0.15) is 5.10 Å². The molecule has 0 saturated heterocycles. The van der Waals surface area contributed by atoms with Gasteiger partial charge in [-0.3, -0.25) is 0 Å². The van der Waals surface area contributed by atoms with E-state index in [-0.39, 0.29) is 0 Å². The maximum atomic E-state index is 5.78.